The second-order valence-corrected chi connectivity index (χ2v) is 8.53. The summed E-state index contributed by atoms with van der Waals surface area (Å²) in [4.78, 5) is 19.6. The molecule has 29 heavy (non-hydrogen) atoms. The number of nitrogens with one attached hydrogen (secondary N) is 1. The Balaban J connectivity index is 1.55. The van der Waals surface area contributed by atoms with Gasteiger partial charge in [0.2, 0.25) is 5.91 Å². The van der Waals surface area contributed by atoms with Crippen molar-refractivity contribution in [1.29, 1.82) is 0 Å². The molecule has 3 aromatic rings. The number of benzene rings is 1. The van der Waals surface area contributed by atoms with Crippen molar-refractivity contribution in [3.63, 3.8) is 0 Å². The van der Waals surface area contributed by atoms with Gasteiger partial charge in [-0.15, -0.1) is 0 Å². The van der Waals surface area contributed by atoms with Crippen molar-refractivity contribution >= 4 is 32.7 Å². The van der Waals surface area contributed by atoms with E-state index in [2.05, 4.69) is 22.2 Å². The first-order valence-electron chi connectivity index (χ1n) is 10.2. The number of halogens is 1. The highest BCUT2D eigenvalue weighted by Gasteiger charge is 2.28. The molecule has 0 aliphatic carbocycles. The maximum Gasteiger partial charge on any atom is 0.224 e. The smallest absolute Gasteiger partial charge is 0.224 e. The van der Waals surface area contributed by atoms with Crippen molar-refractivity contribution in [3.05, 3.63) is 35.8 Å². The van der Waals surface area contributed by atoms with Crippen LogP contribution >= 0.6 is 11.3 Å². The van der Waals surface area contributed by atoms with Crippen LogP contribution in [0.15, 0.2) is 24.3 Å². The first-order valence-corrected chi connectivity index (χ1v) is 11.0. The molecule has 2 aromatic heterocycles. The highest BCUT2D eigenvalue weighted by Crippen LogP contribution is 2.34. The quantitative estimate of drug-likeness (QED) is 0.617. The van der Waals surface area contributed by atoms with Gasteiger partial charge in [-0.2, -0.15) is 10.1 Å². The maximum absolute atomic E-state index is 13.3. The molecule has 1 aliphatic rings. The zero-order valence-corrected chi connectivity index (χ0v) is 17.6. The van der Waals surface area contributed by atoms with E-state index in [1.54, 1.807) is 28.2 Å². The highest BCUT2D eigenvalue weighted by molar-refractivity contribution is 7.22. The predicted molar refractivity (Wildman–Crippen MR) is 114 cm³/mol. The van der Waals surface area contributed by atoms with Crippen LogP contribution in [-0.2, 0) is 4.79 Å². The van der Waals surface area contributed by atoms with Gasteiger partial charge in [0.25, 0.3) is 0 Å². The largest absolute Gasteiger partial charge is 0.356 e. The number of nitrogens with zero attached hydrogens (tertiary/aromatic N) is 4. The van der Waals surface area contributed by atoms with Gasteiger partial charge in [0, 0.05) is 19.6 Å². The number of unbranched alkanes of at least 4 members (excludes halogenated alkanes) is 1. The van der Waals surface area contributed by atoms with E-state index >= 15 is 0 Å². The van der Waals surface area contributed by atoms with Gasteiger partial charge in [0.1, 0.15) is 5.82 Å². The van der Waals surface area contributed by atoms with Crippen molar-refractivity contribution in [2.24, 2.45) is 5.92 Å². The molecule has 1 aliphatic heterocycles. The molecule has 0 radical (unpaired) electrons. The Kier molecular flexibility index (Phi) is 5.80. The number of thiazole rings is 1. The SMILES string of the molecule is CCCCNC(=O)[C@@H]1CCCN(c2nc3c(s2)c(C)nn3-c2ccc(F)cc2)C1. The van der Waals surface area contributed by atoms with Crippen molar-refractivity contribution < 1.29 is 9.18 Å². The number of amides is 1. The van der Waals surface area contributed by atoms with Crippen LogP contribution < -0.4 is 10.2 Å². The molecule has 1 fully saturated rings. The van der Waals surface area contributed by atoms with Gasteiger partial charge in [-0.05, 0) is 50.5 Å². The minimum Gasteiger partial charge on any atom is -0.356 e. The molecule has 1 atom stereocenters. The molecule has 154 valence electrons. The van der Waals surface area contributed by atoms with Crippen molar-refractivity contribution in [2.45, 2.75) is 39.5 Å². The number of aryl methyl sites for hydroxylation is 1. The molecular weight excluding hydrogens is 389 g/mol. The maximum atomic E-state index is 13.3. The molecule has 1 N–H and O–H groups in total. The number of hydrogen-bond acceptors (Lipinski definition) is 5. The molecule has 1 amide bonds. The fraction of sp³-hybridized carbons (Fsp3) is 0.476. The molecule has 1 saturated heterocycles. The Morgan fingerprint density at radius 3 is 2.90 bits per heavy atom. The van der Waals surface area contributed by atoms with Crippen LogP contribution in [0.1, 0.15) is 38.3 Å². The number of hydrogen-bond donors (Lipinski definition) is 1. The van der Waals surface area contributed by atoms with Crippen molar-refractivity contribution in [1.82, 2.24) is 20.1 Å². The normalized spacial score (nSPS) is 17.1. The zero-order chi connectivity index (χ0) is 20.4. The average Bonchev–Trinajstić information content (AvgIpc) is 3.30. The summed E-state index contributed by atoms with van der Waals surface area (Å²) in [5.74, 6) is -0.121. The number of fused-ring (bicyclic) bond motifs is 1. The Bertz CT molecular complexity index is 997. The lowest BCUT2D eigenvalue weighted by Gasteiger charge is -2.31. The van der Waals surface area contributed by atoms with E-state index in [4.69, 9.17) is 4.98 Å². The van der Waals surface area contributed by atoms with E-state index in [9.17, 15) is 9.18 Å². The van der Waals surface area contributed by atoms with Crippen LogP contribution in [0.4, 0.5) is 9.52 Å². The van der Waals surface area contributed by atoms with Gasteiger partial charge in [-0.25, -0.2) is 9.07 Å². The standard InChI is InChI=1S/C21H26FN5OS/c1-3-4-11-23-20(28)15-6-5-12-26(13-15)21-24-19-18(29-21)14(2)25-27(19)17-9-7-16(22)8-10-17/h7-10,15H,3-6,11-13H2,1-2H3,(H,23,28)/t15-/m1/s1. The molecule has 0 saturated carbocycles. The molecule has 0 spiro atoms. The lowest BCUT2D eigenvalue weighted by atomic mass is 9.97. The van der Waals surface area contributed by atoms with E-state index in [-0.39, 0.29) is 17.6 Å². The number of rotatable bonds is 6. The van der Waals surface area contributed by atoms with E-state index in [1.165, 1.54) is 12.1 Å². The van der Waals surface area contributed by atoms with Crippen LogP contribution in [0.3, 0.4) is 0 Å². The molecule has 0 unspecified atom stereocenters. The topological polar surface area (TPSA) is 63.1 Å². The van der Waals surface area contributed by atoms with E-state index < -0.39 is 0 Å². The van der Waals surface area contributed by atoms with E-state index in [1.807, 2.05) is 6.92 Å². The molecular formula is C21H26FN5OS. The van der Waals surface area contributed by atoms with Gasteiger partial charge in [0.15, 0.2) is 10.8 Å². The summed E-state index contributed by atoms with van der Waals surface area (Å²) >= 11 is 1.61. The third-order valence-electron chi connectivity index (χ3n) is 5.34. The fourth-order valence-electron chi connectivity index (χ4n) is 3.72. The molecule has 1 aromatic carbocycles. The van der Waals surface area contributed by atoms with E-state index in [0.29, 0.717) is 6.54 Å². The zero-order valence-electron chi connectivity index (χ0n) is 16.8. The van der Waals surface area contributed by atoms with Crippen LogP contribution in [0.25, 0.3) is 16.0 Å². The highest BCUT2D eigenvalue weighted by atomic mass is 32.1. The van der Waals surface area contributed by atoms with Gasteiger partial charge < -0.3 is 10.2 Å². The van der Waals surface area contributed by atoms with Crippen LogP contribution in [0.5, 0.6) is 0 Å². The lowest BCUT2D eigenvalue weighted by molar-refractivity contribution is -0.125. The summed E-state index contributed by atoms with van der Waals surface area (Å²) in [7, 11) is 0. The third kappa shape index (κ3) is 4.12. The molecule has 0 bridgehead atoms. The lowest BCUT2D eigenvalue weighted by Crippen LogP contribution is -2.43. The summed E-state index contributed by atoms with van der Waals surface area (Å²) < 4.78 is 16.1. The first-order chi connectivity index (χ1) is 14.1. The molecule has 8 heteroatoms. The van der Waals surface area contributed by atoms with Crippen LogP contribution in [0, 0.1) is 18.7 Å². The third-order valence-corrected chi connectivity index (χ3v) is 6.55. The summed E-state index contributed by atoms with van der Waals surface area (Å²) in [6, 6.07) is 6.27. The second-order valence-electron chi connectivity index (χ2n) is 7.55. The Hall–Kier alpha value is -2.48. The molecule has 3 heterocycles. The van der Waals surface area contributed by atoms with Gasteiger partial charge in [0.05, 0.1) is 22.0 Å². The predicted octanol–water partition coefficient (Wildman–Crippen LogP) is 4.06. The number of anilines is 1. The molecule has 4 rings (SSSR count). The summed E-state index contributed by atoms with van der Waals surface area (Å²) in [6.45, 7) is 6.43. The summed E-state index contributed by atoms with van der Waals surface area (Å²) in [6.07, 6.45) is 3.99. The first kappa shape index (κ1) is 19.8. The average molecular weight is 416 g/mol. The monoisotopic (exact) mass is 415 g/mol. The number of carbonyl (C=O) groups excluding carboxylic acids is 1. The number of piperidine rings is 1. The van der Waals surface area contributed by atoms with Gasteiger partial charge >= 0.3 is 0 Å². The Morgan fingerprint density at radius 1 is 1.34 bits per heavy atom. The van der Waals surface area contributed by atoms with Crippen molar-refractivity contribution in [3.8, 4) is 5.69 Å². The van der Waals surface area contributed by atoms with Crippen LogP contribution in [0.2, 0.25) is 0 Å². The van der Waals surface area contributed by atoms with Gasteiger partial charge in [-0.3, -0.25) is 4.79 Å². The minimum absolute atomic E-state index is 0.00214. The van der Waals surface area contributed by atoms with Crippen molar-refractivity contribution in [2.75, 3.05) is 24.5 Å². The summed E-state index contributed by atoms with van der Waals surface area (Å²) in [5.41, 5.74) is 2.47. The van der Waals surface area contributed by atoms with Crippen LogP contribution in [-0.4, -0.2) is 40.3 Å². The van der Waals surface area contributed by atoms with Gasteiger partial charge in [-0.1, -0.05) is 24.7 Å². The number of carbonyl (C=O) groups is 1. The number of aromatic nitrogens is 3. The second kappa shape index (κ2) is 8.49. The van der Waals surface area contributed by atoms with E-state index in [0.717, 1.165) is 65.6 Å². The Morgan fingerprint density at radius 2 is 2.14 bits per heavy atom. The Labute approximate surface area is 173 Å². The fourth-order valence-corrected chi connectivity index (χ4v) is 4.74. The summed E-state index contributed by atoms with van der Waals surface area (Å²) in [5, 5.41) is 8.56. The molecule has 6 nitrogen and oxygen atoms in total. The minimum atomic E-state index is -0.274.